The maximum atomic E-state index is 12.2. The summed E-state index contributed by atoms with van der Waals surface area (Å²) in [6.07, 6.45) is 0.360. The first-order valence-electron chi connectivity index (χ1n) is 31.1. The van der Waals surface area contributed by atoms with Crippen LogP contribution in [0.5, 0.6) is 29.4 Å². The molecule has 3 atom stereocenters. The molecule has 5 aromatic heterocycles. The number of benzene rings is 6. The van der Waals surface area contributed by atoms with Crippen molar-refractivity contribution in [3.05, 3.63) is 309 Å². The molecule has 12 rings (SSSR count). The van der Waals surface area contributed by atoms with Gasteiger partial charge in [0.1, 0.15) is 72.4 Å². The van der Waals surface area contributed by atoms with E-state index in [0.717, 1.165) is 59.7 Å². The van der Waals surface area contributed by atoms with Gasteiger partial charge in [-0.05, 0) is 107 Å². The van der Waals surface area contributed by atoms with Crippen LogP contribution >= 0.6 is 76.0 Å². The van der Waals surface area contributed by atoms with Crippen LogP contribution < -0.4 is 77.2 Å². The Hall–Kier alpha value is -6.66. The molecule has 6 aromatic carbocycles. The van der Waals surface area contributed by atoms with Gasteiger partial charge in [0.25, 0.3) is 29.4 Å². The fourth-order valence-electron chi connectivity index (χ4n) is 8.29. The van der Waals surface area contributed by atoms with Crippen LogP contribution in [0.3, 0.4) is 0 Å². The summed E-state index contributed by atoms with van der Waals surface area (Å²) in [6.45, 7) is 23.7. The van der Waals surface area contributed by atoms with Crippen molar-refractivity contribution >= 4 is 96.5 Å². The zero-order valence-electron chi connectivity index (χ0n) is 60.5. The molecule has 108 heavy (non-hydrogen) atoms. The Bertz CT molecular complexity index is 4100. The fourth-order valence-corrected chi connectivity index (χ4v) is 9.52. The van der Waals surface area contributed by atoms with Gasteiger partial charge in [-0.3, -0.25) is 27.6 Å². The molecule has 0 spiro atoms. The average Bonchev–Trinajstić information content (AvgIpc) is 1.82. The van der Waals surface area contributed by atoms with Gasteiger partial charge in [0.2, 0.25) is 17.3 Å². The van der Waals surface area contributed by atoms with Crippen molar-refractivity contribution in [1.82, 2.24) is 30.7 Å². The molecular weight excluding hydrogens is 1780 g/mol. The number of carbonyl (C=O) groups is 2. The van der Waals surface area contributed by atoms with E-state index in [9.17, 15) is 19.8 Å². The molecule has 33 heteroatoms. The maximum absolute atomic E-state index is 12.2. The van der Waals surface area contributed by atoms with Crippen molar-refractivity contribution in [2.75, 3.05) is 32.9 Å². The van der Waals surface area contributed by atoms with Gasteiger partial charge < -0.3 is 91.2 Å². The number of aldehydes is 1. The van der Waals surface area contributed by atoms with Crippen LogP contribution in [0.25, 0.3) is 0 Å². The number of ketones is 1. The normalized spacial score (nSPS) is 11.4. The second-order valence-electron chi connectivity index (χ2n) is 20.5. The Morgan fingerprint density at radius 3 is 1.33 bits per heavy atom. The maximum Gasteiger partial charge on any atom is 2.00 e. The Labute approximate surface area is 718 Å². The van der Waals surface area contributed by atoms with Crippen molar-refractivity contribution in [3.63, 3.8) is 0 Å². The topological polar surface area (TPSA) is 327 Å². The van der Waals surface area contributed by atoms with Crippen LogP contribution in [-0.4, -0.2) is 111 Å². The van der Waals surface area contributed by atoms with Crippen LogP contribution in [0, 0.1) is 13.2 Å². The number of halogens is 5. The van der Waals surface area contributed by atoms with E-state index in [1.165, 1.54) is 12.1 Å². The van der Waals surface area contributed by atoms with Gasteiger partial charge in [-0.1, -0.05) is 207 Å². The van der Waals surface area contributed by atoms with Gasteiger partial charge >= 0.3 is 67.9 Å². The van der Waals surface area contributed by atoms with Crippen molar-refractivity contribution in [1.29, 1.82) is 0 Å². The predicted molar refractivity (Wildman–Crippen MR) is 409 cm³/mol. The zero-order valence-corrected chi connectivity index (χ0v) is 72.4. The molecule has 11 aromatic rings. The minimum absolute atomic E-state index is 0. The summed E-state index contributed by atoms with van der Waals surface area (Å²) in [5.74, 6) is 2.22. The van der Waals surface area contributed by atoms with E-state index in [-0.39, 0.29) is 126 Å². The molecule has 0 saturated carbocycles. The summed E-state index contributed by atoms with van der Waals surface area (Å²) in [6, 6.07) is 61.0. The number of aromatic nitrogens is 5. The van der Waals surface area contributed by atoms with Gasteiger partial charge in [0.05, 0.1) is 19.3 Å². The molecule has 1 aliphatic rings. The second kappa shape index (κ2) is 61.1. The van der Waals surface area contributed by atoms with Crippen molar-refractivity contribution < 1.29 is 155 Å². The van der Waals surface area contributed by atoms with E-state index in [2.05, 4.69) is 140 Å². The Morgan fingerprint density at radius 2 is 0.954 bits per heavy atom. The van der Waals surface area contributed by atoms with Crippen LogP contribution in [0.2, 0.25) is 0 Å². The smallest absolute Gasteiger partial charge is 1.00 e. The summed E-state index contributed by atoms with van der Waals surface area (Å²) in [5.41, 5.74) is 6.02. The van der Waals surface area contributed by atoms with E-state index in [0.29, 0.717) is 81.9 Å². The number of carbonyl (C=O) groups excluding carboxylic acids is 2. The number of Topliss-reactive ketones (excluding diaryl/α,β-unsaturated/α-hetero) is 1. The van der Waals surface area contributed by atoms with E-state index in [1.54, 1.807) is 6.07 Å². The molecule has 24 nitrogen and oxygen atoms in total. The molecular formula is C75H77BBr5LiN6NaO18Zn. The van der Waals surface area contributed by atoms with Crippen molar-refractivity contribution in [2.24, 2.45) is 0 Å². The van der Waals surface area contributed by atoms with Crippen molar-refractivity contribution in [2.45, 2.75) is 71.4 Å². The number of ether oxygens (including phenoxy) is 6. The van der Waals surface area contributed by atoms with Crippen molar-refractivity contribution in [3.8, 4) is 29.4 Å². The van der Waals surface area contributed by atoms with E-state index < -0.39 is 24.6 Å². The first-order chi connectivity index (χ1) is 50.8. The largest absolute Gasteiger partial charge is 2.00 e. The van der Waals surface area contributed by atoms with Gasteiger partial charge in [-0.15, -0.1) is 6.58 Å². The molecule has 4 N–H and O–H groups in total. The second-order valence-corrected chi connectivity index (χ2v) is 22.9. The number of hydrogen-bond acceptors (Lipinski definition) is 24. The molecule has 0 amide bonds. The van der Waals surface area contributed by atoms with Gasteiger partial charge in [0, 0.05) is 55.8 Å². The van der Waals surface area contributed by atoms with Crippen LogP contribution in [-0.2, 0) is 70.5 Å². The summed E-state index contributed by atoms with van der Waals surface area (Å²) in [7, 11) is 0. The minimum atomic E-state index is -0.902. The summed E-state index contributed by atoms with van der Waals surface area (Å²) >= 11 is 15.2. The van der Waals surface area contributed by atoms with Crippen LogP contribution in [0.4, 0.5) is 0 Å². The molecule has 0 unspecified atom stereocenters. The third-order valence-corrected chi connectivity index (χ3v) is 15.8. The quantitative estimate of drug-likeness (QED) is 0.0136. The third kappa shape index (κ3) is 36.9. The molecule has 3 radical (unpaired) electrons. The number of aliphatic hydroxyl groups is 4. The fraction of sp³-hybridized carbons (Fsp3) is 0.213. The van der Waals surface area contributed by atoms with Crippen LogP contribution in [0.15, 0.2) is 256 Å². The zero-order chi connectivity index (χ0) is 75.7. The number of rotatable bonds is 25. The Kier molecular flexibility index (Phi) is 57.3. The summed E-state index contributed by atoms with van der Waals surface area (Å²) in [5, 5.41) is 66.4. The molecule has 6 heterocycles. The first kappa shape index (κ1) is 101. The number of hydrogen-bond donors (Lipinski definition) is 4. The number of nitrogens with zero attached hydrogens (tertiary/aromatic N) is 6. The number of aliphatic hydroxyl groups excluding tert-OH is 4. The van der Waals surface area contributed by atoms with E-state index in [1.807, 2.05) is 189 Å². The van der Waals surface area contributed by atoms with Gasteiger partial charge in [0.15, 0.2) is 23.6 Å². The summed E-state index contributed by atoms with van der Waals surface area (Å²) in [4.78, 5) is 23.8. The monoisotopic (exact) mass is 1850 g/mol. The molecule has 1 aliphatic heterocycles. The SMILES string of the molecule is BrBr.C=C[C@@H](O)c1onc(OCc2ccccc2)c1Br.C[C@H]([C@@H]([O-])c1ccccc1)N1CCOCC1.O=C(CO)c1cc(OCc2ccccc2)no1.O=Cc1onc(OCc2ccccc2)c1Br.OCc1cc(OCc2ccccc2)no1.OCc1onc(OCc2ccccc2)c1Br.[B].[CH-]=C.[CH-]=C.[H-].[Li+].[Na+].[Zn+2]. The Morgan fingerprint density at radius 1 is 0.574 bits per heavy atom. The number of morpholine rings is 1. The first-order valence-corrected chi connectivity index (χ1v) is 37.2. The third-order valence-electron chi connectivity index (χ3n) is 13.6. The average molecular weight is 1860 g/mol. The standard InChI is InChI=1S/C13H12BrNO3.C13H18NO2.C12H11NO4.C11H10BrNO3.C11H8BrNO3.C11H11NO3.2C2H3.B.Br2.Li.Na.Zn.H/c1-2-10(16)12-11(14)13(15-18-12)17-8-9-6-4-3-5-7-9;1-11(14-7-9-16-10-8-14)13(15)12-5-3-2-4-6-12;14-7-10(15)11-6-12(13-17-11)16-8-9-4-2-1-3-5-9;2*12-10-9(6-14)16-13-11(10)15-7-8-4-2-1-3-5-8;13-7-10-6-11(12-15-10)14-8-9-4-2-1-3-5-9;2*1-2;;1-2;;;;/h2-7,10,16H,1,8H2;2-6,11,13H,7-10H2,1H3;1-6,14H,7-8H2;1-5,14H,6-7H2;1-6H,7H2;1-6,13H,7-8H2;2*1H,2H2;;;;;;/q;-1;;;;;2*-1;;;2*+1;+2;-1/t10-;11-,13-;;;;;;;;;;;;/m11............/s1. The van der Waals surface area contributed by atoms with E-state index >= 15 is 0 Å². The minimum Gasteiger partial charge on any atom is -1.00 e. The Balaban J connectivity index is 0. The molecule has 0 bridgehead atoms. The molecule has 0 aliphatic carbocycles. The molecule has 1 fully saturated rings. The van der Waals surface area contributed by atoms with Gasteiger partial charge in [-0.25, -0.2) is 0 Å². The summed E-state index contributed by atoms with van der Waals surface area (Å²) < 4.78 is 57.9. The van der Waals surface area contributed by atoms with Crippen LogP contribution in [0.1, 0.15) is 92.3 Å². The van der Waals surface area contributed by atoms with Gasteiger partial charge in [-0.2, -0.15) is 0 Å². The molecule has 557 valence electrons. The predicted octanol–water partition coefficient (Wildman–Crippen LogP) is 9.19. The van der Waals surface area contributed by atoms with E-state index in [4.69, 9.17) is 66.4 Å². The molecule has 1 saturated heterocycles.